The summed E-state index contributed by atoms with van der Waals surface area (Å²) < 4.78 is 0. The van der Waals surface area contributed by atoms with Crippen LogP contribution >= 0.6 is 0 Å². The maximum atomic E-state index is 11.1. The molecule has 0 aliphatic heterocycles. The van der Waals surface area contributed by atoms with E-state index in [-0.39, 0.29) is 5.92 Å². The number of hydrogen-bond acceptors (Lipinski definition) is 1. The minimum atomic E-state index is -0.694. The molecule has 0 aromatic carbocycles. The number of aliphatic carboxylic acids is 1. The van der Waals surface area contributed by atoms with Crippen molar-refractivity contribution in [3.63, 3.8) is 0 Å². The van der Waals surface area contributed by atoms with Gasteiger partial charge < -0.3 is 5.11 Å². The predicted molar refractivity (Wildman–Crippen MR) is 59.2 cm³/mol. The third-order valence-corrected chi connectivity index (χ3v) is 2.93. The summed E-state index contributed by atoms with van der Waals surface area (Å²) in [5.41, 5.74) is -0.612. The van der Waals surface area contributed by atoms with Gasteiger partial charge in [0.15, 0.2) is 0 Å². The summed E-state index contributed by atoms with van der Waals surface area (Å²) in [5.74, 6) is -0.442. The van der Waals surface area contributed by atoms with E-state index in [0.29, 0.717) is 0 Å². The maximum absolute atomic E-state index is 11.1. The SMILES string of the molecule is C=CCCC(CCC)C(C)(C)C(=O)O. The second kappa shape index (κ2) is 5.84. The van der Waals surface area contributed by atoms with Crippen LogP contribution in [0, 0.1) is 11.3 Å². The van der Waals surface area contributed by atoms with Crippen molar-refractivity contribution in [1.29, 1.82) is 0 Å². The zero-order valence-corrected chi connectivity index (χ0v) is 9.55. The van der Waals surface area contributed by atoms with Gasteiger partial charge >= 0.3 is 5.97 Å². The summed E-state index contributed by atoms with van der Waals surface area (Å²) in [7, 11) is 0. The van der Waals surface area contributed by atoms with Crippen LogP contribution in [0.3, 0.4) is 0 Å². The zero-order chi connectivity index (χ0) is 11.2. The summed E-state index contributed by atoms with van der Waals surface area (Å²) in [6, 6.07) is 0. The van der Waals surface area contributed by atoms with Crippen molar-refractivity contribution in [2.75, 3.05) is 0 Å². The van der Waals surface area contributed by atoms with Gasteiger partial charge in [-0.1, -0.05) is 19.4 Å². The Morgan fingerprint density at radius 1 is 1.50 bits per heavy atom. The molecule has 0 aliphatic rings. The molecule has 2 nitrogen and oxygen atoms in total. The quantitative estimate of drug-likeness (QED) is 0.636. The van der Waals surface area contributed by atoms with E-state index in [1.54, 1.807) is 0 Å². The summed E-state index contributed by atoms with van der Waals surface area (Å²) in [6.07, 6.45) is 5.71. The molecule has 0 fully saturated rings. The Hall–Kier alpha value is -0.790. The molecule has 1 N–H and O–H groups in total. The van der Waals surface area contributed by atoms with Gasteiger partial charge in [0.25, 0.3) is 0 Å². The second-order valence-electron chi connectivity index (χ2n) is 4.38. The Bertz CT molecular complexity index is 194. The lowest BCUT2D eigenvalue weighted by molar-refractivity contribution is -0.150. The molecule has 0 aromatic rings. The van der Waals surface area contributed by atoms with Gasteiger partial charge in [-0.2, -0.15) is 0 Å². The number of carboxylic acid groups (broad SMARTS) is 1. The van der Waals surface area contributed by atoms with Crippen molar-refractivity contribution in [1.82, 2.24) is 0 Å². The molecule has 0 saturated heterocycles. The van der Waals surface area contributed by atoms with Crippen molar-refractivity contribution >= 4 is 5.97 Å². The topological polar surface area (TPSA) is 37.3 Å². The molecule has 1 atom stereocenters. The van der Waals surface area contributed by atoms with Crippen LogP contribution in [0.5, 0.6) is 0 Å². The van der Waals surface area contributed by atoms with Crippen LogP contribution in [0.15, 0.2) is 12.7 Å². The van der Waals surface area contributed by atoms with Gasteiger partial charge in [0.2, 0.25) is 0 Å². The zero-order valence-electron chi connectivity index (χ0n) is 9.55. The first-order chi connectivity index (χ1) is 6.46. The molecule has 0 radical (unpaired) electrons. The van der Waals surface area contributed by atoms with E-state index in [0.717, 1.165) is 25.7 Å². The number of allylic oxidation sites excluding steroid dienone is 1. The van der Waals surface area contributed by atoms with Gasteiger partial charge in [-0.3, -0.25) is 4.79 Å². The fourth-order valence-corrected chi connectivity index (χ4v) is 1.71. The molecule has 0 saturated carbocycles. The van der Waals surface area contributed by atoms with E-state index in [2.05, 4.69) is 13.5 Å². The highest BCUT2D eigenvalue weighted by Gasteiger charge is 2.35. The highest BCUT2D eigenvalue weighted by atomic mass is 16.4. The summed E-state index contributed by atoms with van der Waals surface area (Å²) in [4.78, 5) is 11.1. The first-order valence-electron chi connectivity index (χ1n) is 5.31. The van der Waals surface area contributed by atoms with Crippen molar-refractivity contribution in [3.8, 4) is 0 Å². The Labute approximate surface area is 87.0 Å². The molecule has 14 heavy (non-hydrogen) atoms. The van der Waals surface area contributed by atoms with E-state index in [1.165, 1.54) is 0 Å². The third-order valence-electron chi connectivity index (χ3n) is 2.93. The van der Waals surface area contributed by atoms with Crippen LogP contribution in [0.2, 0.25) is 0 Å². The van der Waals surface area contributed by atoms with Crippen molar-refractivity contribution in [2.24, 2.45) is 11.3 Å². The predicted octanol–water partition coefficient (Wildman–Crippen LogP) is 3.48. The maximum Gasteiger partial charge on any atom is 0.309 e. The molecule has 0 rings (SSSR count). The summed E-state index contributed by atoms with van der Waals surface area (Å²) in [5, 5.41) is 9.11. The smallest absolute Gasteiger partial charge is 0.309 e. The van der Waals surface area contributed by atoms with E-state index >= 15 is 0 Å². The summed E-state index contributed by atoms with van der Waals surface area (Å²) in [6.45, 7) is 9.40. The first kappa shape index (κ1) is 13.2. The number of carbonyl (C=O) groups is 1. The van der Waals surface area contributed by atoms with Gasteiger partial charge in [-0.25, -0.2) is 0 Å². The van der Waals surface area contributed by atoms with Gasteiger partial charge in [0.05, 0.1) is 5.41 Å². The van der Waals surface area contributed by atoms with Gasteiger partial charge in [-0.15, -0.1) is 6.58 Å². The molecular formula is C12H22O2. The molecule has 0 spiro atoms. The average Bonchev–Trinajstić information content (AvgIpc) is 2.11. The van der Waals surface area contributed by atoms with Crippen LogP contribution in [-0.4, -0.2) is 11.1 Å². The monoisotopic (exact) mass is 198 g/mol. The lowest BCUT2D eigenvalue weighted by Crippen LogP contribution is -2.32. The first-order valence-corrected chi connectivity index (χ1v) is 5.31. The normalized spacial score (nSPS) is 13.6. The second-order valence-corrected chi connectivity index (χ2v) is 4.38. The third kappa shape index (κ3) is 3.52. The molecule has 0 bridgehead atoms. The Morgan fingerprint density at radius 3 is 2.43 bits per heavy atom. The minimum absolute atomic E-state index is 0.253. The molecule has 0 aliphatic carbocycles. The number of carboxylic acids is 1. The lowest BCUT2D eigenvalue weighted by atomic mass is 9.74. The van der Waals surface area contributed by atoms with Crippen molar-refractivity contribution in [3.05, 3.63) is 12.7 Å². The van der Waals surface area contributed by atoms with E-state index in [1.807, 2.05) is 19.9 Å². The van der Waals surface area contributed by atoms with Gasteiger partial charge in [-0.05, 0) is 39.0 Å². The largest absolute Gasteiger partial charge is 0.481 e. The van der Waals surface area contributed by atoms with Crippen LogP contribution < -0.4 is 0 Å². The standard InChI is InChI=1S/C12H22O2/c1-5-7-9-10(8-6-2)12(3,4)11(13)14/h5,10H,1,6-9H2,2-4H3,(H,13,14). The van der Waals surface area contributed by atoms with E-state index < -0.39 is 11.4 Å². The Balaban J connectivity index is 4.44. The Morgan fingerprint density at radius 2 is 2.07 bits per heavy atom. The lowest BCUT2D eigenvalue weighted by Gasteiger charge is -2.30. The molecule has 0 amide bonds. The summed E-state index contributed by atoms with van der Waals surface area (Å²) >= 11 is 0. The molecule has 2 heteroatoms. The van der Waals surface area contributed by atoms with E-state index in [9.17, 15) is 4.79 Å². The number of hydrogen-bond donors (Lipinski definition) is 1. The Kier molecular flexibility index (Phi) is 5.51. The van der Waals surface area contributed by atoms with Gasteiger partial charge in [0, 0.05) is 0 Å². The van der Waals surface area contributed by atoms with Crippen molar-refractivity contribution in [2.45, 2.75) is 46.5 Å². The molecule has 1 unspecified atom stereocenters. The fourth-order valence-electron chi connectivity index (χ4n) is 1.71. The van der Waals surface area contributed by atoms with Crippen LogP contribution in [0.1, 0.15) is 46.5 Å². The minimum Gasteiger partial charge on any atom is -0.481 e. The van der Waals surface area contributed by atoms with Crippen LogP contribution in [0.25, 0.3) is 0 Å². The van der Waals surface area contributed by atoms with Crippen LogP contribution in [-0.2, 0) is 4.79 Å². The van der Waals surface area contributed by atoms with E-state index in [4.69, 9.17) is 5.11 Å². The van der Waals surface area contributed by atoms with Crippen LogP contribution in [0.4, 0.5) is 0 Å². The van der Waals surface area contributed by atoms with Gasteiger partial charge in [0.1, 0.15) is 0 Å². The molecular weight excluding hydrogens is 176 g/mol. The van der Waals surface area contributed by atoms with Crippen molar-refractivity contribution < 1.29 is 9.90 Å². The molecule has 82 valence electrons. The average molecular weight is 198 g/mol. The fraction of sp³-hybridized carbons (Fsp3) is 0.750. The highest BCUT2D eigenvalue weighted by molar-refractivity contribution is 5.74. The number of rotatable bonds is 7. The highest BCUT2D eigenvalue weighted by Crippen LogP contribution is 2.34. The molecule has 0 aromatic heterocycles. The molecule has 0 heterocycles.